The van der Waals surface area contributed by atoms with Crippen LogP contribution in [0.1, 0.15) is 28.4 Å². The molecule has 0 aliphatic carbocycles. The molecule has 0 fully saturated rings. The van der Waals surface area contributed by atoms with Gasteiger partial charge in [-0.05, 0) is 33.5 Å². The Balaban J connectivity index is 1.88. The summed E-state index contributed by atoms with van der Waals surface area (Å²) in [6.45, 7) is 5.08. The van der Waals surface area contributed by atoms with E-state index in [0.29, 0.717) is 13.1 Å². The molecule has 0 aliphatic heterocycles. The van der Waals surface area contributed by atoms with Crippen molar-refractivity contribution in [3.05, 3.63) is 52.8 Å². The van der Waals surface area contributed by atoms with Crippen LogP contribution in [0.3, 0.4) is 0 Å². The van der Waals surface area contributed by atoms with Gasteiger partial charge in [0.25, 0.3) is 0 Å². The molecule has 1 atom stereocenters. The van der Waals surface area contributed by atoms with Gasteiger partial charge in [0.1, 0.15) is 0 Å². The van der Waals surface area contributed by atoms with Crippen molar-refractivity contribution >= 4 is 6.03 Å². The highest BCUT2D eigenvalue weighted by molar-refractivity contribution is 5.73. The van der Waals surface area contributed by atoms with E-state index in [4.69, 9.17) is 0 Å². The standard InChI is InChI=1S/C18H27N5O/c1-13-6-8-15(9-7-13)17(22(3)4)12-20-18(24)19-10-16-11-21-23(5)14(16)2/h6-9,11,17H,10,12H2,1-5H3,(H2,19,20,24)/t17-/m1/s1. The minimum atomic E-state index is -0.169. The zero-order valence-corrected chi connectivity index (χ0v) is 15.1. The second-order valence-corrected chi connectivity index (χ2v) is 6.33. The Morgan fingerprint density at radius 2 is 1.88 bits per heavy atom. The highest BCUT2D eigenvalue weighted by Crippen LogP contribution is 2.17. The van der Waals surface area contributed by atoms with Crippen molar-refractivity contribution in [2.45, 2.75) is 26.4 Å². The number of likely N-dealkylation sites (N-methyl/N-ethyl adjacent to an activating group) is 1. The van der Waals surface area contributed by atoms with Crippen LogP contribution in [0.5, 0.6) is 0 Å². The Kier molecular flexibility index (Phi) is 5.98. The molecule has 0 saturated carbocycles. The molecule has 2 amide bonds. The van der Waals surface area contributed by atoms with E-state index in [1.54, 1.807) is 10.9 Å². The molecule has 0 saturated heterocycles. The molecular weight excluding hydrogens is 302 g/mol. The molecule has 2 aromatic rings. The van der Waals surface area contributed by atoms with Crippen LogP contribution >= 0.6 is 0 Å². The van der Waals surface area contributed by atoms with E-state index in [2.05, 4.69) is 51.8 Å². The molecule has 0 spiro atoms. The predicted molar refractivity (Wildman–Crippen MR) is 95.8 cm³/mol. The van der Waals surface area contributed by atoms with Gasteiger partial charge >= 0.3 is 6.03 Å². The predicted octanol–water partition coefficient (Wildman–Crippen LogP) is 2.14. The number of nitrogens with one attached hydrogen (secondary N) is 2. The number of hydrogen-bond acceptors (Lipinski definition) is 3. The topological polar surface area (TPSA) is 62.2 Å². The van der Waals surface area contributed by atoms with Gasteiger partial charge in [0, 0.05) is 31.4 Å². The van der Waals surface area contributed by atoms with E-state index in [1.165, 1.54) is 11.1 Å². The first-order valence-corrected chi connectivity index (χ1v) is 8.10. The summed E-state index contributed by atoms with van der Waals surface area (Å²) in [7, 11) is 5.92. The van der Waals surface area contributed by atoms with Gasteiger partial charge in [-0.2, -0.15) is 5.10 Å². The average molecular weight is 329 g/mol. The Labute approximate surface area is 143 Å². The molecule has 24 heavy (non-hydrogen) atoms. The van der Waals surface area contributed by atoms with E-state index in [1.807, 2.05) is 28.1 Å². The van der Waals surface area contributed by atoms with Crippen molar-refractivity contribution < 1.29 is 4.79 Å². The van der Waals surface area contributed by atoms with Crippen molar-refractivity contribution in [1.29, 1.82) is 0 Å². The molecule has 0 aliphatic rings. The fourth-order valence-corrected chi connectivity index (χ4v) is 2.53. The summed E-state index contributed by atoms with van der Waals surface area (Å²) in [5, 5.41) is 10.0. The van der Waals surface area contributed by atoms with Crippen molar-refractivity contribution in [2.75, 3.05) is 20.6 Å². The van der Waals surface area contributed by atoms with Crippen molar-refractivity contribution in [2.24, 2.45) is 7.05 Å². The maximum absolute atomic E-state index is 12.1. The molecule has 6 heteroatoms. The normalized spacial score (nSPS) is 12.2. The van der Waals surface area contributed by atoms with E-state index < -0.39 is 0 Å². The smallest absolute Gasteiger partial charge is 0.315 e. The lowest BCUT2D eigenvalue weighted by molar-refractivity contribution is 0.232. The number of aromatic nitrogens is 2. The summed E-state index contributed by atoms with van der Waals surface area (Å²) >= 11 is 0. The van der Waals surface area contributed by atoms with Crippen molar-refractivity contribution in [3.63, 3.8) is 0 Å². The lowest BCUT2D eigenvalue weighted by Crippen LogP contribution is -2.40. The third-order valence-corrected chi connectivity index (χ3v) is 4.32. The summed E-state index contributed by atoms with van der Waals surface area (Å²) < 4.78 is 1.80. The molecule has 6 nitrogen and oxygen atoms in total. The molecule has 1 aromatic heterocycles. The van der Waals surface area contributed by atoms with Gasteiger partial charge in [-0.3, -0.25) is 4.68 Å². The van der Waals surface area contributed by atoms with Crippen molar-refractivity contribution in [3.8, 4) is 0 Å². The molecule has 130 valence electrons. The Morgan fingerprint density at radius 1 is 1.21 bits per heavy atom. The molecule has 0 bridgehead atoms. The highest BCUT2D eigenvalue weighted by Gasteiger charge is 2.15. The molecule has 2 N–H and O–H groups in total. The van der Waals surface area contributed by atoms with Crippen LogP contribution < -0.4 is 10.6 Å². The summed E-state index contributed by atoms with van der Waals surface area (Å²) in [6, 6.07) is 8.37. The van der Waals surface area contributed by atoms with E-state index >= 15 is 0 Å². The molecule has 0 unspecified atom stereocenters. The minimum absolute atomic E-state index is 0.136. The van der Waals surface area contributed by atoms with E-state index in [0.717, 1.165) is 11.3 Å². The van der Waals surface area contributed by atoms with Crippen LogP contribution in [0.4, 0.5) is 4.79 Å². The van der Waals surface area contributed by atoms with Gasteiger partial charge < -0.3 is 15.5 Å². The second-order valence-electron chi connectivity index (χ2n) is 6.33. The Hall–Kier alpha value is -2.34. The van der Waals surface area contributed by atoms with E-state index in [-0.39, 0.29) is 12.1 Å². The summed E-state index contributed by atoms with van der Waals surface area (Å²) in [6.07, 6.45) is 1.78. The van der Waals surface area contributed by atoms with Gasteiger partial charge in [0.05, 0.1) is 12.2 Å². The third-order valence-electron chi connectivity index (χ3n) is 4.32. The number of carbonyl (C=O) groups is 1. The maximum Gasteiger partial charge on any atom is 0.315 e. The molecule has 1 aromatic carbocycles. The van der Waals surface area contributed by atoms with Crippen LogP contribution in [0.15, 0.2) is 30.5 Å². The molecule has 2 rings (SSSR count). The second kappa shape index (κ2) is 7.97. The fraction of sp³-hybridized carbons (Fsp3) is 0.444. The van der Waals surface area contributed by atoms with E-state index in [9.17, 15) is 4.79 Å². The monoisotopic (exact) mass is 329 g/mol. The average Bonchev–Trinajstić information content (AvgIpc) is 2.86. The lowest BCUT2D eigenvalue weighted by Gasteiger charge is -2.25. The SMILES string of the molecule is Cc1ccc([C@@H](CNC(=O)NCc2cnn(C)c2C)N(C)C)cc1. The van der Waals surface area contributed by atoms with Gasteiger partial charge in [-0.25, -0.2) is 4.79 Å². The highest BCUT2D eigenvalue weighted by atomic mass is 16.2. The Morgan fingerprint density at radius 3 is 2.42 bits per heavy atom. The number of hydrogen-bond donors (Lipinski definition) is 2. The van der Waals surface area contributed by atoms with Gasteiger partial charge in [0.2, 0.25) is 0 Å². The number of urea groups is 1. The van der Waals surface area contributed by atoms with Crippen molar-refractivity contribution in [1.82, 2.24) is 25.3 Å². The Bertz CT molecular complexity index is 675. The van der Waals surface area contributed by atoms with Crippen LogP contribution in [0, 0.1) is 13.8 Å². The summed E-state index contributed by atoms with van der Waals surface area (Å²) in [5.74, 6) is 0. The van der Waals surface area contributed by atoms with Crippen LogP contribution in [-0.2, 0) is 13.6 Å². The van der Waals surface area contributed by atoms with Crippen LogP contribution in [0.25, 0.3) is 0 Å². The number of carbonyl (C=O) groups excluding carboxylic acids is 1. The van der Waals surface area contributed by atoms with Crippen LogP contribution in [0.2, 0.25) is 0 Å². The number of nitrogens with zero attached hydrogens (tertiary/aromatic N) is 3. The number of amides is 2. The first kappa shape index (κ1) is 18.0. The van der Waals surface area contributed by atoms with Gasteiger partial charge in [-0.1, -0.05) is 29.8 Å². The zero-order valence-electron chi connectivity index (χ0n) is 15.1. The largest absolute Gasteiger partial charge is 0.336 e. The first-order chi connectivity index (χ1) is 11.4. The number of aryl methyl sites for hydroxylation is 2. The fourth-order valence-electron chi connectivity index (χ4n) is 2.53. The molecule has 1 heterocycles. The zero-order chi connectivity index (χ0) is 17.7. The third kappa shape index (κ3) is 4.58. The first-order valence-electron chi connectivity index (χ1n) is 8.10. The number of benzene rings is 1. The molecular formula is C18H27N5O. The molecule has 0 radical (unpaired) electrons. The quantitative estimate of drug-likeness (QED) is 0.853. The number of rotatable bonds is 6. The van der Waals surface area contributed by atoms with Gasteiger partial charge in [-0.15, -0.1) is 0 Å². The van der Waals surface area contributed by atoms with Gasteiger partial charge in [0.15, 0.2) is 0 Å². The summed E-state index contributed by atoms with van der Waals surface area (Å²) in [5.41, 5.74) is 4.50. The lowest BCUT2D eigenvalue weighted by atomic mass is 10.0. The van der Waals surface area contributed by atoms with Crippen LogP contribution in [-0.4, -0.2) is 41.4 Å². The minimum Gasteiger partial charge on any atom is -0.336 e. The summed E-state index contributed by atoms with van der Waals surface area (Å²) in [4.78, 5) is 14.2. The maximum atomic E-state index is 12.1.